The van der Waals surface area contributed by atoms with Gasteiger partial charge in [0.2, 0.25) is 5.88 Å². The molecule has 9 nitrogen and oxygen atoms in total. The number of nitrogens with zero attached hydrogens (tertiary/aromatic N) is 5. The second-order valence-corrected chi connectivity index (χ2v) is 13.3. The molecule has 7 heterocycles. The van der Waals surface area contributed by atoms with Gasteiger partial charge in [-0.3, -0.25) is 4.90 Å². The monoisotopic (exact) mass is 596 g/mol. The molecule has 5 aliphatic heterocycles. The Morgan fingerprint density at radius 3 is 2.98 bits per heavy atom. The van der Waals surface area contributed by atoms with E-state index in [-0.39, 0.29) is 17.3 Å². The van der Waals surface area contributed by atoms with Gasteiger partial charge in [0.15, 0.2) is 0 Å². The van der Waals surface area contributed by atoms with Gasteiger partial charge in [-0.25, -0.2) is 9.37 Å². The molecule has 5 atom stereocenters. The lowest BCUT2D eigenvalue weighted by molar-refractivity contribution is 0.107. The van der Waals surface area contributed by atoms with Gasteiger partial charge in [0, 0.05) is 37.2 Å². The first-order valence-electron chi connectivity index (χ1n) is 16.1. The number of hydrogen-bond donors (Lipinski definition) is 2. The molecule has 5 aliphatic rings. The standard InChI is InChI=1S/C34H37FN6O3/c1-2-19-5-3-6-20-11-23(42)12-24(29(19)20)26-13-27-30-31(41-16-22-7-8-25(36-22)28(41)17-43-32(30)37-26)39-33(38-27)44-18-34-9-4-10-40(34)15-21(35)14-34/h3,5-6,11-13,21-22,25,28,36,42H,2,4,7-10,14-18H2,1H3/t21-,22+,25-,28-,34-/m0/s1. The Labute approximate surface area is 255 Å². The number of aromatic hydroxyl groups is 1. The lowest BCUT2D eigenvalue weighted by Gasteiger charge is -2.40. The highest BCUT2D eigenvalue weighted by Crippen LogP contribution is 2.44. The summed E-state index contributed by atoms with van der Waals surface area (Å²) in [5.41, 5.74) is 3.10. The number of alkyl halides is 1. The van der Waals surface area contributed by atoms with Gasteiger partial charge in [-0.2, -0.15) is 9.97 Å². The zero-order chi connectivity index (χ0) is 29.6. The van der Waals surface area contributed by atoms with Crippen molar-refractivity contribution in [3.63, 3.8) is 0 Å². The summed E-state index contributed by atoms with van der Waals surface area (Å²) in [5.74, 6) is 1.49. The van der Waals surface area contributed by atoms with Crippen molar-refractivity contribution in [1.29, 1.82) is 0 Å². The minimum absolute atomic E-state index is 0.108. The molecule has 9 rings (SSSR count). The predicted octanol–water partition coefficient (Wildman–Crippen LogP) is 4.77. The van der Waals surface area contributed by atoms with Crippen molar-refractivity contribution in [3.8, 4) is 28.9 Å². The van der Waals surface area contributed by atoms with Crippen LogP contribution in [0.5, 0.6) is 17.6 Å². The van der Waals surface area contributed by atoms with E-state index in [1.807, 2.05) is 18.2 Å². The van der Waals surface area contributed by atoms with Gasteiger partial charge >= 0.3 is 6.01 Å². The van der Waals surface area contributed by atoms with Crippen LogP contribution in [0.15, 0.2) is 36.4 Å². The van der Waals surface area contributed by atoms with Crippen molar-refractivity contribution < 1.29 is 19.0 Å². The summed E-state index contributed by atoms with van der Waals surface area (Å²) in [6.07, 6.45) is 4.73. The Balaban J connectivity index is 1.21. The number of rotatable bonds is 5. The van der Waals surface area contributed by atoms with E-state index in [1.165, 1.54) is 5.56 Å². The van der Waals surface area contributed by atoms with Crippen LogP contribution < -0.4 is 19.7 Å². The molecule has 0 amide bonds. The first-order valence-corrected chi connectivity index (χ1v) is 16.1. The van der Waals surface area contributed by atoms with E-state index < -0.39 is 6.17 Å². The molecule has 2 aromatic carbocycles. The molecule has 2 bridgehead atoms. The van der Waals surface area contributed by atoms with Crippen molar-refractivity contribution in [3.05, 3.63) is 42.0 Å². The summed E-state index contributed by atoms with van der Waals surface area (Å²) < 4.78 is 27.5. The number of piperazine rings is 1. The third kappa shape index (κ3) is 4.06. The molecule has 10 heteroatoms. The summed E-state index contributed by atoms with van der Waals surface area (Å²) in [5, 5.41) is 17.3. The minimum atomic E-state index is -0.823. The van der Waals surface area contributed by atoms with Crippen LogP contribution in [0.1, 0.15) is 44.6 Å². The molecule has 4 aromatic rings. The fraction of sp³-hybridized carbons (Fsp3) is 0.500. The van der Waals surface area contributed by atoms with Crippen molar-refractivity contribution in [2.24, 2.45) is 0 Å². The number of benzene rings is 2. The van der Waals surface area contributed by atoms with E-state index in [0.29, 0.717) is 61.4 Å². The topological polar surface area (TPSA) is 95.9 Å². The van der Waals surface area contributed by atoms with E-state index in [2.05, 4.69) is 28.1 Å². The molecule has 0 unspecified atom stereocenters. The Bertz CT molecular complexity index is 1800. The lowest BCUT2D eigenvalue weighted by Crippen LogP contribution is -2.60. The number of phenols is 1. The minimum Gasteiger partial charge on any atom is -0.508 e. The maximum Gasteiger partial charge on any atom is 0.319 e. The van der Waals surface area contributed by atoms with Crippen LogP contribution in [0.4, 0.5) is 10.2 Å². The molecule has 44 heavy (non-hydrogen) atoms. The molecule has 0 radical (unpaired) electrons. The first kappa shape index (κ1) is 26.6. The summed E-state index contributed by atoms with van der Waals surface area (Å²) in [4.78, 5) is 19.7. The second kappa shape index (κ2) is 9.87. The average Bonchev–Trinajstić information content (AvgIpc) is 3.66. The number of hydrogen-bond acceptors (Lipinski definition) is 9. The number of aromatic nitrogens is 3. The number of nitrogens with one attached hydrogen (secondary N) is 1. The van der Waals surface area contributed by atoms with Crippen LogP contribution in [0, 0.1) is 0 Å². The molecular weight excluding hydrogens is 559 g/mol. The van der Waals surface area contributed by atoms with E-state index >= 15 is 0 Å². The van der Waals surface area contributed by atoms with Crippen molar-refractivity contribution in [2.45, 2.75) is 75.3 Å². The molecule has 228 valence electrons. The van der Waals surface area contributed by atoms with Crippen LogP contribution in [0.2, 0.25) is 0 Å². The zero-order valence-corrected chi connectivity index (χ0v) is 24.9. The molecule has 4 fully saturated rings. The summed E-state index contributed by atoms with van der Waals surface area (Å²) in [7, 11) is 0. The summed E-state index contributed by atoms with van der Waals surface area (Å²) in [6.45, 7) is 5.21. The smallest absolute Gasteiger partial charge is 0.319 e. The van der Waals surface area contributed by atoms with Crippen molar-refractivity contribution >= 4 is 27.5 Å². The van der Waals surface area contributed by atoms with E-state index in [0.717, 1.165) is 72.7 Å². The number of phenolic OH excluding ortho intramolecular Hbond substituents is 1. The molecule has 4 saturated heterocycles. The SMILES string of the molecule is CCc1cccc2cc(O)cc(-c3cc4nc(OC[C@@]56CCCN5C[C@@H](F)C6)nc5c4c(n3)OC[C@H]3[C@@H]4CC[C@H](CN53)N4)c12. The maximum atomic E-state index is 14.5. The van der Waals surface area contributed by atoms with Crippen LogP contribution in [0.3, 0.4) is 0 Å². The van der Waals surface area contributed by atoms with Crippen LogP contribution in [-0.4, -0.2) is 87.6 Å². The highest BCUT2D eigenvalue weighted by atomic mass is 19.1. The Hall–Kier alpha value is -3.76. The first-order chi connectivity index (χ1) is 21.5. The Kier molecular flexibility index (Phi) is 5.97. The predicted molar refractivity (Wildman–Crippen MR) is 166 cm³/mol. The molecule has 0 aliphatic carbocycles. The lowest BCUT2D eigenvalue weighted by atomic mass is 9.95. The number of aryl methyl sites for hydroxylation is 1. The summed E-state index contributed by atoms with van der Waals surface area (Å²) >= 11 is 0. The third-order valence-electron chi connectivity index (χ3n) is 10.8. The summed E-state index contributed by atoms with van der Waals surface area (Å²) in [6, 6.07) is 12.9. The van der Waals surface area contributed by atoms with Crippen LogP contribution in [-0.2, 0) is 6.42 Å². The third-order valence-corrected chi connectivity index (χ3v) is 10.8. The Morgan fingerprint density at radius 2 is 2.07 bits per heavy atom. The van der Waals surface area contributed by atoms with Gasteiger partial charge in [-0.1, -0.05) is 25.1 Å². The van der Waals surface area contributed by atoms with Crippen molar-refractivity contribution in [1.82, 2.24) is 25.2 Å². The molecule has 2 aromatic heterocycles. The van der Waals surface area contributed by atoms with Crippen molar-refractivity contribution in [2.75, 3.05) is 37.7 Å². The quantitative estimate of drug-likeness (QED) is 0.338. The molecule has 0 saturated carbocycles. The highest BCUT2D eigenvalue weighted by molar-refractivity contribution is 6.02. The van der Waals surface area contributed by atoms with Gasteiger partial charge in [0.25, 0.3) is 0 Å². The molecule has 2 N–H and O–H groups in total. The van der Waals surface area contributed by atoms with Gasteiger partial charge in [0.1, 0.15) is 36.3 Å². The fourth-order valence-electron chi connectivity index (χ4n) is 8.73. The highest BCUT2D eigenvalue weighted by Gasteiger charge is 2.50. The van der Waals surface area contributed by atoms with Gasteiger partial charge in [-0.05, 0) is 73.2 Å². The number of ether oxygens (including phenoxy) is 2. The normalized spacial score (nSPS) is 29.1. The fourth-order valence-corrected chi connectivity index (χ4v) is 8.73. The van der Waals surface area contributed by atoms with Gasteiger partial charge in [-0.15, -0.1) is 0 Å². The van der Waals surface area contributed by atoms with E-state index in [9.17, 15) is 9.50 Å². The van der Waals surface area contributed by atoms with E-state index in [1.54, 1.807) is 12.1 Å². The Morgan fingerprint density at radius 1 is 1.14 bits per heavy atom. The largest absolute Gasteiger partial charge is 0.508 e. The number of fused-ring (bicyclic) bond motifs is 7. The number of halogens is 1. The number of anilines is 1. The van der Waals surface area contributed by atoms with Crippen LogP contribution >= 0.6 is 0 Å². The van der Waals surface area contributed by atoms with E-state index in [4.69, 9.17) is 24.4 Å². The molecular formula is C34H37FN6O3. The maximum absolute atomic E-state index is 14.5. The van der Waals surface area contributed by atoms with Crippen LogP contribution in [0.25, 0.3) is 32.9 Å². The average molecular weight is 597 g/mol. The second-order valence-electron chi connectivity index (χ2n) is 13.3. The molecule has 0 spiro atoms. The zero-order valence-electron chi connectivity index (χ0n) is 24.9. The van der Waals surface area contributed by atoms with Gasteiger partial charge < -0.3 is 24.8 Å². The number of pyridine rings is 1. The van der Waals surface area contributed by atoms with Gasteiger partial charge in [0.05, 0.1) is 22.8 Å².